The van der Waals surface area contributed by atoms with Crippen LogP contribution in [0.3, 0.4) is 0 Å². The average molecular weight is 493 g/mol. The quantitative estimate of drug-likeness (QED) is 0.260. The number of allylic oxidation sites excluding steroid dienone is 1. The van der Waals surface area contributed by atoms with E-state index in [0.717, 1.165) is 40.8 Å². The summed E-state index contributed by atoms with van der Waals surface area (Å²) in [4.78, 5) is 20.0. The standard InChI is InChI=1S/C29H28N6O2/c1-18(2)15-20(17-30)29(36)35-14-6-9-25(35)23-16-24-26(28(31)34-33-24)27(32-23)19-10-12-22(13-11-19)37-21-7-4-3-5-8-21/h3-5,7-8,10-13,15-16,18,25H,6,9,14H2,1-2H3,(H3,31,33,34). The largest absolute Gasteiger partial charge is 0.457 e. The van der Waals surface area contributed by atoms with Crippen LogP contribution in [0, 0.1) is 17.2 Å². The first-order chi connectivity index (χ1) is 17.9. The highest BCUT2D eigenvalue weighted by Gasteiger charge is 2.33. The predicted octanol–water partition coefficient (Wildman–Crippen LogP) is 5.77. The normalized spacial score (nSPS) is 15.8. The van der Waals surface area contributed by atoms with Gasteiger partial charge in [0.15, 0.2) is 5.82 Å². The lowest BCUT2D eigenvalue weighted by Gasteiger charge is -2.25. The van der Waals surface area contributed by atoms with Crippen LogP contribution in [0.25, 0.3) is 22.2 Å². The molecule has 0 radical (unpaired) electrons. The van der Waals surface area contributed by atoms with Crippen LogP contribution in [0.15, 0.2) is 72.3 Å². The fourth-order valence-electron chi connectivity index (χ4n) is 4.74. The molecule has 8 nitrogen and oxygen atoms in total. The molecule has 3 N–H and O–H groups in total. The Hall–Kier alpha value is -4.64. The number of hydrogen-bond donors (Lipinski definition) is 2. The Morgan fingerprint density at radius 1 is 1.19 bits per heavy atom. The molecule has 3 heterocycles. The van der Waals surface area contributed by atoms with E-state index in [-0.39, 0.29) is 23.4 Å². The van der Waals surface area contributed by atoms with Gasteiger partial charge >= 0.3 is 0 Å². The second kappa shape index (κ2) is 10.2. The number of aromatic amines is 1. The average Bonchev–Trinajstić information content (AvgIpc) is 3.54. The number of nitrogens with zero attached hydrogens (tertiary/aromatic N) is 4. The highest BCUT2D eigenvalue weighted by molar-refractivity contribution is 6.00. The van der Waals surface area contributed by atoms with Crippen LogP contribution < -0.4 is 10.5 Å². The highest BCUT2D eigenvalue weighted by Crippen LogP contribution is 2.38. The number of benzene rings is 2. The minimum atomic E-state index is -0.256. The van der Waals surface area contributed by atoms with E-state index in [1.807, 2.05) is 74.5 Å². The third kappa shape index (κ3) is 4.89. The SMILES string of the molecule is CC(C)C=C(C#N)C(=O)N1CCCC1c1cc2[nH]nc(N)c2c(-c2ccc(Oc3ccccc3)cc2)n1. The van der Waals surface area contributed by atoms with Gasteiger partial charge in [-0.1, -0.05) is 38.1 Å². The molecule has 0 aliphatic carbocycles. The van der Waals surface area contributed by atoms with Crippen LogP contribution in [0.4, 0.5) is 5.82 Å². The number of amides is 1. The minimum Gasteiger partial charge on any atom is -0.457 e. The molecule has 8 heteroatoms. The number of nitrogens with two attached hydrogens (primary N) is 1. The van der Waals surface area contributed by atoms with E-state index < -0.39 is 0 Å². The summed E-state index contributed by atoms with van der Waals surface area (Å²) in [6, 6.07) is 21.0. The highest BCUT2D eigenvalue weighted by atomic mass is 16.5. The number of ether oxygens (including phenoxy) is 1. The number of carbonyl (C=O) groups excluding carboxylic acids is 1. The van der Waals surface area contributed by atoms with Gasteiger partial charge < -0.3 is 15.4 Å². The van der Waals surface area contributed by atoms with Gasteiger partial charge in [0.2, 0.25) is 0 Å². The third-order valence-electron chi connectivity index (χ3n) is 6.40. The molecule has 1 aliphatic heterocycles. The number of para-hydroxylation sites is 1. The molecule has 0 bridgehead atoms. The molecule has 2 aromatic heterocycles. The molecule has 186 valence electrons. The van der Waals surface area contributed by atoms with Gasteiger partial charge in [-0.2, -0.15) is 10.4 Å². The number of pyridine rings is 1. The van der Waals surface area contributed by atoms with Gasteiger partial charge in [0.25, 0.3) is 5.91 Å². The summed E-state index contributed by atoms with van der Waals surface area (Å²) in [7, 11) is 0. The molecule has 0 saturated carbocycles. The monoisotopic (exact) mass is 492 g/mol. The molecule has 5 rings (SSSR count). The van der Waals surface area contributed by atoms with Gasteiger partial charge in [0.1, 0.15) is 23.1 Å². The lowest BCUT2D eigenvalue weighted by atomic mass is 10.0. The second-order valence-electron chi connectivity index (χ2n) is 9.46. The number of carbonyl (C=O) groups is 1. The van der Waals surface area contributed by atoms with Crippen molar-refractivity contribution in [3.8, 4) is 28.8 Å². The van der Waals surface area contributed by atoms with Gasteiger partial charge in [-0.3, -0.25) is 9.89 Å². The number of anilines is 1. The number of nitrogens with one attached hydrogen (secondary N) is 1. The summed E-state index contributed by atoms with van der Waals surface area (Å²) >= 11 is 0. The van der Waals surface area contributed by atoms with E-state index in [0.29, 0.717) is 23.8 Å². The van der Waals surface area contributed by atoms with E-state index in [4.69, 9.17) is 15.5 Å². The topological polar surface area (TPSA) is 121 Å². The van der Waals surface area contributed by atoms with Crippen LogP contribution in [0.5, 0.6) is 11.5 Å². The zero-order valence-electron chi connectivity index (χ0n) is 20.8. The maximum atomic E-state index is 13.3. The van der Waals surface area contributed by atoms with Crippen molar-refractivity contribution in [3.63, 3.8) is 0 Å². The summed E-state index contributed by atoms with van der Waals surface area (Å²) in [5.41, 5.74) is 9.41. The van der Waals surface area contributed by atoms with Crippen LogP contribution in [0.2, 0.25) is 0 Å². The Labute approximate surface area is 215 Å². The number of nitriles is 1. The van der Waals surface area contributed by atoms with Gasteiger partial charge in [0, 0.05) is 12.1 Å². The lowest BCUT2D eigenvalue weighted by molar-refractivity contribution is -0.127. The molecule has 1 saturated heterocycles. The van der Waals surface area contributed by atoms with E-state index in [1.165, 1.54) is 0 Å². The summed E-state index contributed by atoms with van der Waals surface area (Å²) in [5.74, 6) is 1.66. The third-order valence-corrected chi connectivity index (χ3v) is 6.40. The van der Waals surface area contributed by atoms with Crippen LogP contribution in [-0.2, 0) is 4.79 Å². The van der Waals surface area contributed by atoms with Crippen molar-refractivity contribution in [1.82, 2.24) is 20.1 Å². The van der Waals surface area contributed by atoms with Gasteiger partial charge in [-0.05, 0) is 61.2 Å². The van der Waals surface area contributed by atoms with Crippen molar-refractivity contribution in [2.75, 3.05) is 12.3 Å². The van der Waals surface area contributed by atoms with Gasteiger partial charge in [-0.25, -0.2) is 4.98 Å². The van der Waals surface area contributed by atoms with Crippen LogP contribution >= 0.6 is 0 Å². The van der Waals surface area contributed by atoms with Gasteiger partial charge in [0.05, 0.1) is 28.3 Å². The number of fused-ring (bicyclic) bond motifs is 1. The summed E-state index contributed by atoms with van der Waals surface area (Å²) in [5, 5.41) is 17.5. The number of hydrogen-bond acceptors (Lipinski definition) is 6. The minimum absolute atomic E-state index is 0.0996. The van der Waals surface area contributed by atoms with Crippen molar-refractivity contribution in [3.05, 3.63) is 78.0 Å². The Morgan fingerprint density at radius 2 is 1.92 bits per heavy atom. The summed E-state index contributed by atoms with van der Waals surface area (Å²) < 4.78 is 5.93. The first-order valence-corrected chi connectivity index (χ1v) is 12.4. The first-order valence-electron chi connectivity index (χ1n) is 12.4. The number of aromatic nitrogens is 3. The fraction of sp³-hybridized carbons (Fsp3) is 0.241. The molecule has 1 aliphatic rings. The predicted molar refractivity (Wildman–Crippen MR) is 142 cm³/mol. The number of rotatable bonds is 6. The molecule has 37 heavy (non-hydrogen) atoms. The van der Waals surface area contributed by atoms with E-state index in [2.05, 4.69) is 16.3 Å². The Balaban J connectivity index is 1.51. The maximum absolute atomic E-state index is 13.3. The Kier molecular flexibility index (Phi) is 6.60. The molecular weight excluding hydrogens is 464 g/mol. The van der Waals surface area contributed by atoms with Crippen molar-refractivity contribution in [2.24, 2.45) is 5.92 Å². The number of H-pyrrole nitrogens is 1. The number of likely N-dealkylation sites (tertiary alicyclic amines) is 1. The van der Waals surface area contributed by atoms with Crippen molar-refractivity contribution in [1.29, 1.82) is 5.26 Å². The second-order valence-corrected chi connectivity index (χ2v) is 9.46. The molecule has 1 amide bonds. The van der Waals surface area contributed by atoms with Crippen LogP contribution in [0.1, 0.15) is 38.4 Å². The first kappa shape index (κ1) is 24.1. The van der Waals surface area contributed by atoms with Gasteiger partial charge in [-0.15, -0.1) is 0 Å². The molecule has 4 aromatic rings. The van der Waals surface area contributed by atoms with Crippen molar-refractivity contribution < 1.29 is 9.53 Å². The lowest BCUT2D eigenvalue weighted by Crippen LogP contribution is -2.32. The van der Waals surface area contributed by atoms with Crippen molar-refractivity contribution >= 4 is 22.6 Å². The molecule has 1 unspecified atom stereocenters. The van der Waals surface area contributed by atoms with E-state index in [1.54, 1.807) is 11.0 Å². The zero-order chi connectivity index (χ0) is 25.9. The van der Waals surface area contributed by atoms with E-state index in [9.17, 15) is 10.1 Å². The summed E-state index contributed by atoms with van der Waals surface area (Å²) in [6.45, 7) is 4.48. The molecule has 1 fully saturated rings. The fourth-order valence-corrected chi connectivity index (χ4v) is 4.74. The molecule has 1 atom stereocenters. The van der Waals surface area contributed by atoms with Crippen molar-refractivity contribution in [2.45, 2.75) is 32.7 Å². The Bertz CT molecular complexity index is 1500. The summed E-state index contributed by atoms with van der Waals surface area (Å²) in [6.07, 6.45) is 3.31. The zero-order valence-corrected chi connectivity index (χ0v) is 20.8. The molecular formula is C29H28N6O2. The Morgan fingerprint density at radius 3 is 2.62 bits per heavy atom. The molecule has 2 aromatic carbocycles. The van der Waals surface area contributed by atoms with E-state index >= 15 is 0 Å². The van der Waals surface area contributed by atoms with Crippen LogP contribution in [-0.4, -0.2) is 32.5 Å². The smallest absolute Gasteiger partial charge is 0.264 e. The molecule has 0 spiro atoms. The maximum Gasteiger partial charge on any atom is 0.264 e. The number of nitrogen functional groups attached to an aromatic ring is 1.